The van der Waals surface area contributed by atoms with Crippen molar-refractivity contribution in [2.45, 2.75) is 44.6 Å². The summed E-state index contributed by atoms with van der Waals surface area (Å²) >= 11 is 0. The lowest BCUT2D eigenvalue weighted by molar-refractivity contribution is -0.195. The molecule has 0 radical (unpaired) electrons. The first-order valence-corrected chi connectivity index (χ1v) is 10.1. The van der Waals surface area contributed by atoms with E-state index < -0.39 is 5.60 Å². The van der Waals surface area contributed by atoms with Gasteiger partial charge in [0.1, 0.15) is 11.4 Å². The summed E-state index contributed by atoms with van der Waals surface area (Å²) in [6.45, 7) is 5.89. The number of ether oxygens (including phenoxy) is 2. The normalized spacial score (nSPS) is 43.4. The van der Waals surface area contributed by atoms with Gasteiger partial charge in [-0.2, -0.15) is 0 Å². The molecular weight excluding hydrogens is 340 g/mol. The summed E-state index contributed by atoms with van der Waals surface area (Å²) in [6, 6.07) is 9.30. The molecule has 0 saturated heterocycles. The van der Waals surface area contributed by atoms with Crippen LogP contribution >= 0.6 is 0 Å². The number of benzene rings is 1. The van der Waals surface area contributed by atoms with Crippen molar-refractivity contribution in [3.05, 3.63) is 43.0 Å². The summed E-state index contributed by atoms with van der Waals surface area (Å²) in [4.78, 5) is 25.1. The van der Waals surface area contributed by atoms with Gasteiger partial charge in [-0.15, -0.1) is 0 Å². The van der Waals surface area contributed by atoms with Gasteiger partial charge in [0.2, 0.25) is 0 Å². The van der Waals surface area contributed by atoms with Gasteiger partial charge in [0.25, 0.3) is 0 Å². The molecule has 4 nitrogen and oxygen atoms in total. The van der Waals surface area contributed by atoms with Crippen molar-refractivity contribution in [2.24, 2.45) is 35.0 Å². The largest absolute Gasteiger partial charge is 0.455 e. The second-order valence-corrected chi connectivity index (χ2v) is 9.18. The van der Waals surface area contributed by atoms with Gasteiger partial charge < -0.3 is 9.47 Å². The minimum atomic E-state index is -0.407. The number of carbonyl (C=O) groups excluding carboxylic acids is 2. The molecule has 4 aliphatic carbocycles. The van der Waals surface area contributed by atoms with Crippen LogP contribution in [0, 0.1) is 35.0 Å². The van der Waals surface area contributed by atoms with E-state index in [1.807, 2.05) is 30.3 Å². The van der Waals surface area contributed by atoms with Crippen LogP contribution in [0.1, 0.15) is 39.0 Å². The van der Waals surface area contributed by atoms with Crippen LogP contribution < -0.4 is 4.74 Å². The predicted molar refractivity (Wildman–Crippen MR) is 99.7 cm³/mol. The quantitative estimate of drug-likeness (QED) is 0.348. The zero-order valence-electron chi connectivity index (χ0n) is 15.7. The number of carbonyl (C=O) groups is 2. The fraction of sp³-hybridized carbons (Fsp3) is 0.565. The monoisotopic (exact) mass is 366 g/mol. The van der Waals surface area contributed by atoms with Gasteiger partial charge in [-0.25, -0.2) is 4.79 Å². The molecule has 4 heteroatoms. The van der Waals surface area contributed by atoms with E-state index in [0.717, 1.165) is 25.7 Å². The highest BCUT2D eigenvalue weighted by atomic mass is 16.6. The predicted octanol–water partition coefficient (Wildman–Crippen LogP) is 4.15. The first-order chi connectivity index (χ1) is 13.0. The molecule has 4 bridgehead atoms. The van der Waals surface area contributed by atoms with Crippen LogP contribution in [-0.2, 0) is 14.3 Å². The summed E-state index contributed by atoms with van der Waals surface area (Å²) in [5, 5.41) is 0. The van der Waals surface area contributed by atoms with Crippen LogP contribution in [0.5, 0.6) is 5.75 Å². The second-order valence-electron chi connectivity index (χ2n) is 9.18. The number of hydrogen-bond donors (Lipinski definition) is 0. The maximum absolute atomic E-state index is 12.9. The Kier molecular flexibility index (Phi) is 3.59. The van der Waals surface area contributed by atoms with Crippen LogP contribution in [-0.4, -0.2) is 17.5 Å². The maximum Gasteiger partial charge on any atom is 0.330 e. The maximum atomic E-state index is 12.9. The molecule has 1 aromatic rings. The summed E-state index contributed by atoms with van der Waals surface area (Å²) in [5.41, 5.74) is -0.371. The zero-order valence-corrected chi connectivity index (χ0v) is 15.7. The van der Waals surface area contributed by atoms with E-state index in [9.17, 15) is 9.59 Å². The molecule has 142 valence electrons. The van der Waals surface area contributed by atoms with Crippen LogP contribution in [0.25, 0.3) is 0 Å². The van der Waals surface area contributed by atoms with Crippen molar-refractivity contribution in [1.29, 1.82) is 0 Å². The Balaban J connectivity index is 1.43. The number of para-hydroxylation sites is 1. The van der Waals surface area contributed by atoms with Crippen molar-refractivity contribution in [2.75, 3.05) is 0 Å². The number of esters is 2. The van der Waals surface area contributed by atoms with Crippen LogP contribution in [0.15, 0.2) is 43.0 Å². The van der Waals surface area contributed by atoms with Crippen molar-refractivity contribution in [3.8, 4) is 5.75 Å². The summed E-state index contributed by atoms with van der Waals surface area (Å²) < 4.78 is 11.9. The van der Waals surface area contributed by atoms with Gasteiger partial charge in [0, 0.05) is 23.3 Å². The second kappa shape index (κ2) is 5.70. The first-order valence-electron chi connectivity index (χ1n) is 10.1. The van der Waals surface area contributed by atoms with Gasteiger partial charge in [0.05, 0.1) is 5.92 Å². The summed E-state index contributed by atoms with van der Waals surface area (Å²) in [7, 11) is 0. The van der Waals surface area contributed by atoms with E-state index in [1.54, 1.807) is 0 Å². The minimum absolute atomic E-state index is 0.0364. The molecule has 27 heavy (non-hydrogen) atoms. The standard InChI is InChI=1S/C23H26O4/c1-3-19(24)27-23-15-11-17(20(23)14-9-10-22(23,2)13-14)18(12-15)21(25)26-16-7-5-4-6-8-16/h3-8,14-15,17-18,20H,1,9-13H2,2H3. The van der Waals surface area contributed by atoms with E-state index in [2.05, 4.69) is 13.5 Å². The molecule has 7 unspecified atom stereocenters. The highest BCUT2D eigenvalue weighted by Crippen LogP contribution is 2.76. The first kappa shape index (κ1) is 17.0. The van der Waals surface area contributed by atoms with Gasteiger partial charge in [-0.05, 0) is 56.1 Å². The molecule has 0 spiro atoms. The molecule has 0 aliphatic heterocycles. The topological polar surface area (TPSA) is 52.6 Å². The van der Waals surface area contributed by atoms with E-state index in [0.29, 0.717) is 11.7 Å². The van der Waals surface area contributed by atoms with Crippen molar-refractivity contribution in [3.63, 3.8) is 0 Å². The molecule has 4 saturated carbocycles. The average Bonchev–Trinajstić information content (AvgIpc) is 3.39. The van der Waals surface area contributed by atoms with E-state index in [1.165, 1.54) is 12.5 Å². The van der Waals surface area contributed by atoms with Gasteiger partial charge in [0.15, 0.2) is 0 Å². The van der Waals surface area contributed by atoms with Crippen LogP contribution in [0.3, 0.4) is 0 Å². The third-order valence-electron chi connectivity index (χ3n) is 8.11. The smallest absolute Gasteiger partial charge is 0.330 e. The van der Waals surface area contributed by atoms with Crippen LogP contribution in [0.2, 0.25) is 0 Å². The molecule has 0 aromatic heterocycles. The molecule has 1 aromatic carbocycles. The molecule has 7 atom stereocenters. The fourth-order valence-electron chi connectivity index (χ4n) is 7.38. The van der Waals surface area contributed by atoms with E-state index >= 15 is 0 Å². The lowest BCUT2D eigenvalue weighted by Crippen LogP contribution is -2.57. The Morgan fingerprint density at radius 3 is 2.74 bits per heavy atom. The van der Waals surface area contributed by atoms with E-state index in [4.69, 9.17) is 9.47 Å². The van der Waals surface area contributed by atoms with Crippen molar-refractivity contribution < 1.29 is 19.1 Å². The SMILES string of the molecule is C=CC(=O)OC12C3CC(C(=O)Oc4ccccc4)C(C3)C1C1CCC2(C)C1. The third kappa shape index (κ3) is 2.16. The Morgan fingerprint density at radius 1 is 1.22 bits per heavy atom. The van der Waals surface area contributed by atoms with Crippen LogP contribution in [0.4, 0.5) is 0 Å². The molecule has 0 heterocycles. The number of rotatable bonds is 4. The molecule has 4 aliphatic rings. The summed E-state index contributed by atoms with van der Waals surface area (Å²) in [6.07, 6.45) is 6.41. The van der Waals surface area contributed by atoms with Gasteiger partial charge in [-0.3, -0.25) is 4.79 Å². The Bertz CT molecular complexity index is 802. The van der Waals surface area contributed by atoms with Crippen molar-refractivity contribution in [1.82, 2.24) is 0 Å². The van der Waals surface area contributed by atoms with Gasteiger partial charge in [-0.1, -0.05) is 31.7 Å². The fourth-order valence-corrected chi connectivity index (χ4v) is 7.38. The number of fused-ring (bicyclic) bond motifs is 9. The molecule has 0 amide bonds. The van der Waals surface area contributed by atoms with Crippen molar-refractivity contribution >= 4 is 11.9 Å². The highest BCUT2D eigenvalue weighted by Gasteiger charge is 2.78. The lowest BCUT2D eigenvalue weighted by Gasteiger charge is -2.52. The molecule has 5 rings (SSSR count). The Hall–Kier alpha value is -2.10. The molecular formula is C23H26O4. The average molecular weight is 366 g/mol. The lowest BCUT2D eigenvalue weighted by atomic mass is 9.59. The molecule has 0 N–H and O–H groups in total. The molecule has 4 fully saturated rings. The van der Waals surface area contributed by atoms with E-state index in [-0.39, 0.29) is 41.0 Å². The summed E-state index contributed by atoms with van der Waals surface area (Å²) in [5.74, 6) is 1.43. The Morgan fingerprint density at radius 2 is 2.00 bits per heavy atom. The Labute approximate surface area is 159 Å². The zero-order chi connectivity index (χ0) is 18.8. The minimum Gasteiger partial charge on any atom is -0.455 e. The number of hydrogen-bond acceptors (Lipinski definition) is 4. The van der Waals surface area contributed by atoms with Gasteiger partial charge >= 0.3 is 11.9 Å². The highest BCUT2D eigenvalue weighted by molar-refractivity contribution is 5.82. The third-order valence-corrected chi connectivity index (χ3v) is 8.11.